The van der Waals surface area contributed by atoms with Crippen LogP contribution in [0.4, 0.5) is 5.82 Å². The van der Waals surface area contributed by atoms with Crippen LogP contribution in [0.5, 0.6) is 0 Å². The Bertz CT molecular complexity index is 753. The number of hydrogen-bond donors (Lipinski definition) is 3. The average molecular weight is 281 g/mol. The number of nitrogens with one attached hydrogen (secondary N) is 2. The zero-order chi connectivity index (χ0) is 14.7. The molecule has 3 aromatic rings. The van der Waals surface area contributed by atoms with Crippen LogP contribution < -0.4 is 11.1 Å². The van der Waals surface area contributed by atoms with Crippen LogP contribution in [0.3, 0.4) is 0 Å². The van der Waals surface area contributed by atoms with Gasteiger partial charge in [0.25, 0.3) is 0 Å². The Morgan fingerprint density at radius 2 is 2.14 bits per heavy atom. The van der Waals surface area contributed by atoms with Gasteiger partial charge < -0.3 is 16.0 Å². The van der Waals surface area contributed by atoms with Crippen molar-refractivity contribution >= 4 is 22.6 Å². The van der Waals surface area contributed by atoms with Gasteiger partial charge in [0.2, 0.25) is 5.91 Å². The molecule has 6 nitrogen and oxygen atoms in total. The number of benzene rings is 1. The van der Waals surface area contributed by atoms with Gasteiger partial charge in [-0.3, -0.25) is 4.79 Å². The SMILES string of the molecule is NC(Cc1c[nH]c2ccccc12)C(=O)Nc1cccnn1. The molecule has 0 aliphatic rings. The van der Waals surface area contributed by atoms with Gasteiger partial charge in [0.05, 0.1) is 6.04 Å². The van der Waals surface area contributed by atoms with Crippen LogP contribution in [0.15, 0.2) is 48.8 Å². The molecule has 0 spiro atoms. The normalized spacial score (nSPS) is 12.2. The third-order valence-corrected chi connectivity index (χ3v) is 3.28. The van der Waals surface area contributed by atoms with Crippen molar-refractivity contribution in [2.24, 2.45) is 5.73 Å². The Kier molecular flexibility index (Phi) is 3.61. The smallest absolute Gasteiger partial charge is 0.242 e. The first-order valence-electron chi connectivity index (χ1n) is 6.63. The molecule has 1 atom stereocenters. The van der Waals surface area contributed by atoms with Crippen molar-refractivity contribution in [3.63, 3.8) is 0 Å². The molecular weight excluding hydrogens is 266 g/mol. The summed E-state index contributed by atoms with van der Waals surface area (Å²) in [6, 6.07) is 10.6. The molecule has 0 saturated carbocycles. The topological polar surface area (TPSA) is 96.7 Å². The molecule has 21 heavy (non-hydrogen) atoms. The molecule has 3 rings (SSSR count). The number of nitrogens with zero attached hydrogens (tertiary/aromatic N) is 2. The van der Waals surface area contributed by atoms with Gasteiger partial charge >= 0.3 is 0 Å². The second-order valence-corrected chi connectivity index (χ2v) is 4.77. The maximum Gasteiger partial charge on any atom is 0.242 e. The van der Waals surface area contributed by atoms with E-state index in [0.29, 0.717) is 12.2 Å². The van der Waals surface area contributed by atoms with Gasteiger partial charge in [0, 0.05) is 23.3 Å². The third-order valence-electron chi connectivity index (χ3n) is 3.28. The third kappa shape index (κ3) is 2.90. The highest BCUT2D eigenvalue weighted by Gasteiger charge is 2.16. The van der Waals surface area contributed by atoms with Crippen molar-refractivity contribution in [1.82, 2.24) is 15.2 Å². The summed E-state index contributed by atoms with van der Waals surface area (Å²) in [4.78, 5) is 15.2. The van der Waals surface area contributed by atoms with Crippen LogP contribution in [0.25, 0.3) is 10.9 Å². The first kappa shape index (κ1) is 13.3. The zero-order valence-electron chi connectivity index (χ0n) is 11.3. The van der Waals surface area contributed by atoms with Crippen LogP contribution in [-0.2, 0) is 11.2 Å². The Balaban J connectivity index is 1.71. The van der Waals surface area contributed by atoms with Crippen LogP contribution in [0.1, 0.15) is 5.56 Å². The molecule has 0 saturated heterocycles. The Labute approximate surface area is 121 Å². The van der Waals surface area contributed by atoms with E-state index in [0.717, 1.165) is 16.5 Å². The lowest BCUT2D eigenvalue weighted by Gasteiger charge is -2.10. The molecule has 106 valence electrons. The molecule has 2 aromatic heterocycles. The summed E-state index contributed by atoms with van der Waals surface area (Å²) in [6.45, 7) is 0. The number of aromatic nitrogens is 3. The van der Waals surface area contributed by atoms with E-state index in [2.05, 4.69) is 20.5 Å². The lowest BCUT2D eigenvalue weighted by molar-refractivity contribution is -0.117. The molecule has 6 heteroatoms. The molecule has 1 aromatic carbocycles. The molecule has 0 radical (unpaired) electrons. The monoisotopic (exact) mass is 281 g/mol. The van der Waals surface area contributed by atoms with Gasteiger partial charge in [-0.2, -0.15) is 5.10 Å². The molecule has 0 fully saturated rings. The lowest BCUT2D eigenvalue weighted by Crippen LogP contribution is -2.37. The fourth-order valence-corrected chi connectivity index (χ4v) is 2.22. The van der Waals surface area contributed by atoms with Gasteiger partial charge in [-0.05, 0) is 30.2 Å². The second kappa shape index (κ2) is 5.72. The van der Waals surface area contributed by atoms with Crippen molar-refractivity contribution in [1.29, 1.82) is 0 Å². The van der Waals surface area contributed by atoms with E-state index in [1.165, 1.54) is 0 Å². The minimum atomic E-state index is -0.647. The summed E-state index contributed by atoms with van der Waals surface area (Å²) in [6.07, 6.45) is 3.89. The van der Waals surface area contributed by atoms with E-state index >= 15 is 0 Å². The van der Waals surface area contributed by atoms with Crippen LogP contribution in [0.2, 0.25) is 0 Å². The number of anilines is 1. The average Bonchev–Trinajstić information content (AvgIpc) is 2.91. The molecule has 4 N–H and O–H groups in total. The summed E-state index contributed by atoms with van der Waals surface area (Å²) in [5.41, 5.74) is 8.03. The Morgan fingerprint density at radius 3 is 2.95 bits per heavy atom. The predicted octanol–water partition coefficient (Wildman–Crippen LogP) is 1.47. The van der Waals surface area contributed by atoms with Crippen molar-refractivity contribution in [3.05, 3.63) is 54.4 Å². The summed E-state index contributed by atoms with van der Waals surface area (Å²) >= 11 is 0. The summed E-state index contributed by atoms with van der Waals surface area (Å²) in [5, 5.41) is 11.2. The Hall–Kier alpha value is -2.73. The standard InChI is InChI=1S/C15H15N5O/c16-12(15(21)19-14-6-3-7-18-20-14)8-10-9-17-13-5-2-1-4-11(10)13/h1-7,9,12,17H,8,16H2,(H,19,20,21). The number of carbonyl (C=O) groups excluding carboxylic acids is 1. The van der Waals surface area contributed by atoms with Gasteiger partial charge in [-0.25, -0.2) is 0 Å². The van der Waals surface area contributed by atoms with Crippen molar-refractivity contribution in [3.8, 4) is 0 Å². The van der Waals surface area contributed by atoms with Gasteiger partial charge in [-0.1, -0.05) is 18.2 Å². The molecule has 1 unspecified atom stereocenters. The minimum Gasteiger partial charge on any atom is -0.361 e. The maximum atomic E-state index is 12.1. The lowest BCUT2D eigenvalue weighted by atomic mass is 10.1. The first-order chi connectivity index (χ1) is 10.2. The molecule has 0 aliphatic carbocycles. The van der Waals surface area contributed by atoms with E-state index in [4.69, 9.17) is 5.73 Å². The number of rotatable bonds is 4. The number of carbonyl (C=O) groups is 1. The van der Waals surface area contributed by atoms with Crippen molar-refractivity contribution in [2.45, 2.75) is 12.5 Å². The molecule has 2 heterocycles. The highest BCUT2D eigenvalue weighted by atomic mass is 16.2. The fraction of sp³-hybridized carbons (Fsp3) is 0.133. The van der Waals surface area contributed by atoms with E-state index in [1.54, 1.807) is 18.3 Å². The van der Waals surface area contributed by atoms with E-state index in [9.17, 15) is 4.79 Å². The molecule has 0 aliphatic heterocycles. The minimum absolute atomic E-state index is 0.277. The van der Waals surface area contributed by atoms with E-state index < -0.39 is 6.04 Å². The van der Waals surface area contributed by atoms with Gasteiger partial charge in [-0.15, -0.1) is 5.10 Å². The Morgan fingerprint density at radius 1 is 1.29 bits per heavy atom. The zero-order valence-corrected chi connectivity index (χ0v) is 11.3. The molecule has 1 amide bonds. The van der Waals surface area contributed by atoms with Gasteiger partial charge in [0.15, 0.2) is 5.82 Å². The van der Waals surface area contributed by atoms with Crippen LogP contribution >= 0.6 is 0 Å². The number of nitrogens with two attached hydrogens (primary N) is 1. The van der Waals surface area contributed by atoms with Gasteiger partial charge in [0.1, 0.15) is 0 Å². The molecular formula is C15H15N5O. The predicted molar refractivity (Wildman–Crippen MR) is 80.6 cm³/mol. The second-order valence-electron chi connectivity index (χ2n) is 4.77. The van der Waals surface area contributed by atoms with Crippen molar-refractivity contribution < 1.29 is 4.79 Å². The number of H-pyrrole nitrogens is 1. The highest BCUT2D eigenvalue weighted by molar-refractivity contribution is 5.94. The number of para-hydroxylation sites is 1. The van der Waals surface area contributed by atoms with Crippen molar-refractivity contribution in [2.75, 3.05) is 5.32 Å². The van der Waals surface area contributed by atoms with E-state index in [-0.39, 0.29) is 5.91 Å². The number of hydrogen-bond acceptors (Lipinski definition) is 4. The fourth-order valence-electron chi connectivity index (χ4n) is 2.22. The summed E-state index contributed by atoms with van der Waals surface area (Å²) in [5.74, 6) is 0.123. The first-order valence-corrected chi connectivity index (χ1v) is 6.63. The van der Waals surface area contributed by atoms with Crippen LogP contribution in [0, 0.1) is 0 Å². The maximum absolute atomic E-state index is 12.1. The number of aromatic amines is 1. The summed E-state index contributed by atoms with van der Waals surface area (Å²) < 4.78 is 0. The largest absolute Gasteiger partial charge is 0.361 e. The highest BCUT2D eigenvalue weighted by Crippen LogP contribution is 2.18. The quantitative estimate of drug-likeness (QED) is 0.674. The molecule has 0 bridgehead atoms. The number of fused-ring (bicyclic) bond motifs is 1. The van der Waals surface area contributed by atoms with E-state index in [1.807, 2.05) is 30.5 Å². The summed E-state index contributed by atoms with van der Waals surface area (Å²) in [7, 11) is 0. The number of amides is 1. The van der Waals surface area contributed by atoms with Crippen LogP contribution in [-0.4, -0.2) is 27.1 Å².